The van der Waals surface area contributed by atoms with Crippen LogP contribution in [0.25, 0.3) is 0 Å². The standard InChI is InChI=1S/C13H26/c1-5-7-8-9-10-13(4)11(3)12(13)6-2/h11-12H,5-10H2,1-4H3. The van der Waals surface area contributed by atoms with Gasteiger partial charge < -0.3 is 0 Å². The van der Waals surface area contributed by atoms with Crippen molar-refractivity contribution >= 4 is 0 Å². The predicted octanol–water partition coefficient (Wildman–Crippen LogP) is 4.64. The van der Waals surface area contributed by atoms with Crippen molar-refractivity contribution in [1.82, 2.24) is 0 Å². The van der Waals surface area contributed by atoms with Crippen LogP contribution in [0.2, 0.25) is 0 Å². The highest BCUT2D eigenvalue weighted by Crippen LogP contribution is 2.62. The van der Waals surface area contributed by atoms with Gasteiger partial charge in [-0.05, 0) is 23.7 Å². The van der Waals surface area contributed by atoms with Crippen molar-refractivity contribution in [2.24, 2.45) is 17.3 Å². The molecule has 78 valence electrons. The van der Waals surface area contributed by atoms with Gasteiger partial charge in [-0.15, -0.1) is 0 Å². The summed E-state index contributed by atoms with van der Waals surface area (Å²) in [4.78, 5) is 0. The molecule has 0 aliphatic heterocycles. The van der Waals surface area contributed by atoms with Gasteiger partial charge in [-0.1, -0.05) is 59.8 Å². The highest BCUT2D eigenvalue weighted by molar-refractivity contribution is 5.04. The molecule has 0 N–H and O–H groups in total. The summed E-state index contributed by atoms with van der Waals surface area (Å²) in [6.07, 6.45) is 8.59. The first-order valence-corrected chi connectivity index (χ1v) is 6.16. The second-order valence-corrected chi connectivity index (χ2v) is 5.12. The van der Waals surface area contributed by atoms with Crippen LogP contribution in [-0.4, -0.2) is 0 Å². The van der Waals surface area contributed by atoms with Gasteiger partial charge in [0, 0.05) is 0 Å². The van der Waals surface area contributed by atoms with Gasteiger partial charge in [0.05, 0.1) is 0 Å². The fourth-order valence-corrected chi connectivity index (χ4v) is 3.08. The SMILES string of the molecule is CCCCCCC1(C)C(C)C1CC. The number of hydrogen-bond donors (Lipinski definition) is 0. The van der Waals surface area contributed by atoms with Gasteiger partial charge in [0.2, 0.25) is 0 Å². The van der Waals surface area contributed by atoms with Crippen molar-refractivity contribution in [3.05, 3.63) is 0 Å². The van der Waals surface area contributed by atoms with Crippen LogP contribution in [0, 0.1) is 17.3 Å². The van der Waals surface area contributed by atoms with E-state index in [4.69, 9.17) is 0 Å². The smallest absolute Gasteiger partial charge is 0.0266 e. The Morgan fingerprint density at radius 1 is 1.08 bits per heavy atom. The third-order valence-electron chi connectivity index (χ3n) is 4.39. The van der Waals surface area contributed by atoms with Gasteiger partial charge in [0.15, 0.2) is 0 Å². The fraction of sp³-hybridized carbons (Fsp3) is 1.00. The molecule has 1 aliphatic rings. The monoisotopic (exact) mass is 182 g/mol. The zero-order chi connectivity index (χ0) is 9.90. The third-order valence-corrected chi connectivity index (χ3v) is 4.39. The molecule has 0 radical (unpaired) electrons. The maximum Gasteiger partial charge on any atom is -0.0266 e. The molecular weight excluding hydrogens is 156 g/mol. The Morgan fingerprint density at radius 3 is 2.23 bits per heavy atom. The molecule has 3 unspecified atom stereocenters. The van der Waals surface area contributed by atoms with Crippen molar-refractivity contribution in [2.45, 2.75) is 66.2 Å². The third kappa shape index (κ3) is 2.27. The first-order chi connectivity index (χ1) is 6.16. The molecule has 0 aromatic carbocycles. The Balaban J connectivity index is 2.15. The molecule has 0 heterocycles. The summed E-state index contributed by atoms with van der Waals surface area (Å²) in [5.41, 5.74) is 0.725. The van der Waals surface area contributed by atoms with Gasteiger partial charge in [-0.3, -0.25) is 0 Å². The van der Waals surface area contributed by atoms with E-state index in [1.165, 1.54) is 38.5 Å². The number of rotatable bonds is 6. The molecular formula is C13H26. The van der Waals surface area contributed by atoms with E-state index in [2.05, 4.69) is 27.7 Å². The summed E-state index contributed by atoms with van der Waals surface area (Å²) in [6, 6.07) is 0. The quantitative estimate of drug-likeness (QED) is 0.525. The summed E-state index contributed by atoms with van der Waals surface area (Å²) >= 11 is 0. The highest BCUT2D eigenvalue weighted by Gasteiger charge is 2.55. The molecule has 0 nitrogen and oxygen atoms in total. The minimum absolute atomic E-state index is 0.725. The maximum absolute atomic E-state index is 2.50. The Hall–Kier alpha value is 0. The molecule has 0 aromatic heterocycles. The van der Waals surface area contributed by atoms with Crippen LogP contribution in [0.4, 0.5) is 0 Å². The zero-order valence-electron chi connectivity index (χ0n) is 9.90. The van der Waals surface area contributed by atoms with E-state index in [9.17, 15) is 0 Å². The first kappa shape index (κ1) is 11.1. The van der Waals surface area contributed by atoms with E-state index < -0.39 is 0 Å². The van der Waals surface area contributed by atoms with Crippen LogP contribution in [0.5, 0.6) is 0 Å². The minimum atomic E-state index is 0.725. The van der Waals surface area contributed by atoms with Gasteiger partial charge in [-0.2, -0.15) is 0 Å². The molecule has 0 heteroatoms. The van der Waals surface area contributed by atoms with Crippen molar-refractivity contribution in [3.8, 4) is 0 Å². The molecule has 0 amide bonds. The lowest BCUT2D eigenvalue weighted by atomic mass is 9.95. The van der Waals surface area contributed by atoms with Crippen LogP contribution in [-0.2, 0) is 0 Å². The zero-order valence-corrected chi connectivity index (χ0v) is 9.90. The topological polar surface area (TPSA) is 0 Å². The average Bonchev–Trinajstić information content (AvgIpc) is 2.64. The van der Waals surface area contributed by atoms with Crippen LogP contribution in [0.15, 0.2) is 0 Å². The molecule has 1 aliphatic carbocycles. The van der Waals surface area contributed by atoms with Crippen LogP contribution >= 0.6 is 0 Å². The Kier molecular flexibility index (Phi) is 3.82. The molecule has 0 spiro atoms. The second-order valence-electron chi connectivity index (χ2n) is 5.12. The lowest BCUT2D eigenvalue weighted by Crippen LogP contribution is -1.98. The van der Waals surface area contributed by atoms with Gasteiger partial charge in [-0.25, -0.2) is 0 Å². The normalized spacial score (nSPS) is 37.8. The summed E-state index contributed by atoms with van der Waals surface area (Å²) < 4.78 is 0. The Bertz CT molecular complexity index is 150. The van der Waals surface area contributed by atoms with Gasteiger partial charge >= 0.3 is 0 Å². The lowest BCUT2D eigenvalue weighted by Gasteiger charge is -2.10. The predicted molar refractivity (Wildman–Crippen MR) is 59.8 cm³/mol. The van der Waals surface area contributed by atoms with E-state index in [0.717, 1.165) is 17.3 Å². The highest BCUT2D eigenvalue weighted by atomic mass is 14.6. The molecule has 1 rings (SSSR count). The average molecular weight is 182 g/mol. The maximum atomic E-state index is 2.50. The van der Waals surface area contributed by atoms with Gasteiger partial charge in [0.1, 0.15) is 0 Å². The van der Waals surface area contributed by atoms with Crippen LogP contribution in [0.3, 0.4) is 0 Å². The van der Waals surface area contributed by atoms with Crippen molar-refractivity contribution in [3.63, 3.8) is 0 Å². The van der Waals surface area contributed by atoms with Crippen LogP contribution in [0.1, 0.15) is 66.2 Å². The molecule has 3 atom stereocenters. The molecule has 0 aromatic rings. The van der Waals surface area contributed by atoms with E-state index in [0.29, 0.717) is 0 Å². The Labute approximate surface area is 84.1 Å². The largest absolute Gasteiger partial charge is 0.0654 e. The summed E-state index contributed by atoms with van der Waals surface area (Å²) in [5, 5.41) is 0. The molecule has 1 saturated carbocycles. The molecule has 0 saturated heterocycles. The van der Waals surface area contributed by atoms with E-state index in [-0.39, 0.29) is 0 Å². The fourth-order valence-electron chi connectivity index (χ4n) is 3.08. The van der Waals surface area contributed by atoms with Crippen molar-refractivity contribution < 1.29 is 0 Å². The van der Waals surface area contributed by atoms with E-state index >= 15 is 0 Å². The second kappa shape index (κ2) is 4.48. The van der Waals surface area contributed by atoms with E-state index in [1.807, 2.05) is 0 Å². The van der Waals surface area contributed by atoms with Crippen molar-refractivity contribution in [2.75, 3.05) is 0 Å². The number of unbranched alkanes of at least 4 members (excludes halogenated alkanes) is 3. The summed E-state index contributed by atoms with van der Waals surface area (Å²) in [7, 11) is 0. The molecule has 0 bridgehead atoms. The lowest BCUT2D eigenvalue weighted by molar-refractivity contribution is 0.413. The Morgan fingerprint density at radius 2 is 1.77 bits per heavy atom. The summed E-state index contributed by atoms with van der Waals surface area (Å²) in [6.45, 7) is 9.57. The number of hydrogen-bond acceptors (Lipinski definition) is 0. The molecule has 1 fully saturated rings. The van der Waals surface area contributed by atoms with Crippen LogP contribution < -0.4 is 0 Å². The van der Waals surface area contributed by atoms with E-state index in [1.54, 1.807) is 0 Å². The summed E-state index contributed by atoms with van der Waals surface area (Å²) in [5.74, 6) is 2.04. The van der Waals surface area contributed by atoms with Crippen molar-refractivity contribution in [1.29, 1.82) is 0 Å². The minimum Gasteiger partial charge on any atom is -0.0654 e. The molecule has 13 heavy (non-hydrogen) atoms. The first-order valence-electron chi connectivity index (χ1n) is 6.16. The van der Waals surface area contributed by atoms with Gasteiger partial charge in [0.25, 0.3) is 0 Å².